The molecule has 0 saturated carbocycles. The molecule has 0 spiro atoms. The molecule has 1 rings (SSSR count). The van der Waals surface area contributed by atoms with Crippen LogP contribution in [0.3, 0.4) is 0 Å². The number of amides is 1. The number of nitrogens with zero attached hydrogens (tertiary/aromatic N) is 2. The van der Waals surface area contributed by atoms with E-state index in [0.29, 0.717) is 12.5 Å². The van der Waals surface area contributed by atoms with Gasteiger partial charge in [0.15, 0.2) is 0 Å². The number of hydrogen-bond donors (Lipinski definition) is 1. The molecule has 0 unspecified atom stereocenters. The van der Waals surface area contributed by atoms with E-state index in [1.165, 1.54) is 13.0 Å². The number of carbonyl (C=O) groups is 1. The van der Waals surface area contributed by atoms with E-state index in [9.17, 15) is 4.79 Å². The van der Waals surface area contributed by atoms with E-state index >= 15 is 0 Å². The molecule has 4 heteroatoms. The second-order valence-corrected chi connectivity index (χ2v) is 4.93. The summed E-state index contributed by atoms with van der Waals surface area (Å²) < 4.78 is 0. The Kier molecular flexibility index (Phi) is 6.52. The van der Waals surface area contributed by atoms with Gasteiger partial charge < -0.3 is 15.1 Å². The van der Waals surface area contributed by atoms with E-state index in [1.807, 2.05) is 19.0 Å². The maximum absolute atomic E-state index is 11.9. The SMILES string of the molecule is CCCN1CCC(N(C)C(=O)CCNC)CC1. The Bertz CT molecular complexity index is 225. The standard InChI is InChI=1S/C13H27N3O/c1-4-9-16-10-6-12(7-11-16)15(3)13(17)5-8-14-2/h12,14H,4-11H2,1-3H3. The van der Waals surface area contributed by atoms with Gasteiger partial charge in [0.25, 0.3) is 0 Å². The van der Waals surface area contributed by atoms with Crippen molar-refractivity contribution < 1.29 is 4.79 Å². The number of likely N-dealkylation sites (tertiary alicyclic amines) is 1. The van der Waals surface area contributed by atoms with Crippen LogP contribution in [0.1, 0.15) is 32.6 Å². The molecule has 0 bridgehead atoms. The van der Waals surface area contributed by atoms with Gasteiger partial charge in [0.1, 0.15) is 0 Å². The molecule has 1 amide bonds. The van der Waals surface area contributed by atoms with Crippen LogP contribution in [0.15, 0.2) is 0 Å². The fraction of sp³-hybridized carbons (Fsp3) is 0.923. The molecule has 1 fully saturated rings. The Morgan fingerprint density at radius 2 is 2.06 bits per heavy atom. The summed E-state index contributed by atoms with van der Waals surface area (Å²) in [5.41, 5.74) is 0. The summed E-state index contributed by atoms with van der Waals surface area (Å²) in [5.74, 6) is 0.272. The molecule has 1 aliphatic heterocycles. The first-order valence-corrected chi connectivity index (χ1v) is 6.81. The van der Waals surface area contributed by atoms with Crippen molar-refractivity contribution in [2.75, 3.05) is 40.3 Å². The third-order valence-corrected chi connectivity index (χ3v) is 3.63. The number of piperidine rings is 1. The highest BCUT2D eigenvalue weighted by Gasteiger charge is 2.24. The minimum absolute atomic E-state index is 0.272. The first kappa shape index (κ1) is 14.5. The summed E-state index contributed by atoms with van der Waals surface area (Å²) >= 11 is 0. The molecule has 4 nitrogen and oxygen atoms in total. The highest BCUT2D eigenvalue weighted by atomic mass is 16.2. The van der Waals surface area contributed by atoms with E-state index in [0.717, 1.165) is 32.5 Å². The summed E-state index contributed by atoms with van der Waals surface area (Å²) in [4.78, 5) is 16.3. The molecule has 0 aromatic rings. The maximum Gasteiger partial charge on any atom is 0.223 e. The van der Waals surface area contributed by atoms with Gasteiger partial charge in [0, 0.05) is 39.1 Å². The van der Waals surface area contributed by atoms with Gasteiger partial charge in [0.2, 0.25) is 5.91 Å². The summed E-state index contributed by atoms with van der Waals surface area (Å²) in [6.07, 6.45) is 4.09. The first-order valence-electron chi connectivity index (χ1n) is 6.81. The average molecular weight is 241 g/mol. The topological polar surface area (TPSA) is 35.6 Å². The molecule has 1 saturated heterocycles. The van der Waals surface area contributed by atoms with Crippen molar-refractivity contribution in [3.63, 3.8) is 0 Å². The molecule has 1 N–H and O–H groups in total. The van der Waals surface area contributed by atoms with Crippen molar-refractivity contribution in [1.82, 2.24) is 15.1 Å². The first-order chi connectivity index (χ1) is 8.19. The van der Waals surface area contributed by atoms with Crippen molar-refractivity contribution in [3.05, 3.63) is 0 Å². The second-order valence-electron chi connectivity index (χ2n) is 4.93. The van der Waals surface area contributed by atoms with Crippen LogP contribution >= 0.6 is 0 Å². The average Bonchev–Trinajstić information content (AvgIpc) is 2.36. The quantitative estimate of drug-likeness (QED) is 0.751. The van der Waals surface area contributed by atoms with Crippen LogP contribution in [0.5, 0.6) is 0 Å². The molecular formula is C13H27N3O. The molecule has 1 heterocycles. The zero-order chi connectivity index (χ0) is 12.7. The lowest BCUT2D eigenvalue weighted by atomic mass is 10.0. The van der Waals surface area contributed by atoms with Crippen LogP contribution in [0.2, 0.25) is 0 Å². The number of rotatable bonds is 6. The minimum Gasteiger partial charge on any atom is -0.343 e. The Labute approximate surface area is 105 Å². The van der Waals surface area contributed by atoms with Crippen molar-refractivity contribution in [2.45, 2.75) is 38.6 Å². The molecule has 0 atom stereocenters. The van der Waals surface area contributed by atoms with Crippen molar-refractivity contribution in [2.24, 2.45) is 0 Å². The third kappa shape index (κ3) is 4.64. The van der Waals surface area contributed by atoms with Gasteiger partial charge in [-0.3, -0.25) is 4.79 Å². The minimum atomic E-state index is 0.272. The summed E-state index contributed by atoms with van der Waals surface area (Å²) in [6.45, 7) is 6.48. The zero-order valence-electron chi connectivity index (χ0n) is 11.5. The van der Waals surface area contributed by atoms with Gasteiger partial charge in [-0.25, -0.2) is 0 Å². The van der Waals surface area contributed by atoms with E-state index in [4.69, 9.17) is 0 Å². The van der Waals surface area contributed by atoms with Gasteiger partial charge in [-0.15, -0.1) is 0 Å². The molecule has 0 aromatic heterocycles. The van der Waals surface area contributed by atoms with Gasteiger partial charge in [-0.1, -0.05) is 6.92 Å². The van der Waals surface area contributed by atoms with Crippen molar-refractivity contribution in [1.29, 1.82) is 0 Å². The molecule has 0 radical (unpaired) electrons. The fourth-order valence-electron chi connectivity index (χ4n) is 2.46. The van der Waals surface area contributed by atoms with Gasteiger partial charge >= 0.3 is 0 Å². The predicted octanol–water partition coefficient (Wildman–Crippen LogP) is 0.929. The molecular weight excluding hydrogens is 214 g/mol. The van der Waals surface area contributed by atoms with Crippen LogP contribution < -0.4 is 5.32 Å². The predicted molar refractivity (Wildman–Crippen MR) is 71.1 cm³/mol. The molecule has 0 aliphatic carbocycles. The van der Waals surface area contributed by atoms with Crippen LogP contribution in [0.25, 0.3) is 0 Å². The van der Waals surface area contributed by atoms with E-state index in [2.05, 4.69) is 17.1 Å². The third-order valence-electron chi connectivity index (χ3n) is 3.63. The molecule has 1 aliphatic rings. The Morgan fingerprint density at radius 1 is 1.41 bits per heavy atom. The van der Waals surface area contributed by atoms with Crippen LogP contribution in [0, 0.1) is 0 Å². The Balaban J connectivity index is 2.29. The molecule has 0 aromatic carbocycles. The summed E-state index contributed by atoms with van der Waals surface area (Å²) in [6, 6.07) is 0.451. The lowest BCUT2D eigenvalue weighted by molar-refractivity contribution is -0.132. The highest BCUT2D eigenvalue weighted by Crippen LogP contribution is 2.16. The van der Waals surface area contributed by atoms with E-state index in [-0.39, 0.29) is 5.91 Å². The zero-order valence-corrected chi connectivity index (χ0v) is 11.5. The normalized spacial score (nSPS) is 18.3. The number of carbonyl (C=O) groups excluding carboxylic acids is 1. The monoisotopic (exact) mass is 241 g/mol. The van der Waals surface area contributed by atoms with Crippen LogP contribution in [-0.4, -0.2) is 62.0 Å². The van der Waals surface area contributed by atoms with Crippen LogP contribution in [-0.2, 0) is 4.79 Å². The van der Waals surface area contributed by atoms with Crippen molar-refractivity contribution in [3.8, 4) is 0 Å². The summed E-state index contributed by atoms with van der Waals surface area (Å²) in [5, 5.41) is 3.02. The summed E-state index contributed by atoms with van der Waals surface area (Å²) in [7, 11) is 3.84. The number of nitrogens with one attached hydrogen (secondary N) is 1. The molecule has 17 heavy (non-hydrogen) atoms. The Morgan fingerprint density at radius 3 is 2.59 bits per heavy atom. The second kappa shape index (κ2) is 7.67. The van der Waals surface area contributed by atoms with Gasteiger partial charge in [-0.2, -0.15) is 0 Å². The fourth-order valence-corrected chi connectivity index (χ4v) is 2.46. The lowest BCUT2D eigenvalue weighted by Gasteiger charge is -2.36. The maximum atomic E-state index is 11.9. The molecule has 100 valence electrons. The largest absolute Gasteiger partial charge is 0.343 e. The number of hydrogen-bond acceptors (Lipinski definition) is 3. The van der Waals surface area contributed by atoms with E-state index in [1.54, 1.807) is 0 Å². The van der Waals surface area contributed by atoms with Crippen molar-refractivity contribution >= 4 is 5.91 Å². The van der Waals surface area contributed by atoms with Gasteiger partial charge in [-0.05, 0) is 32.9 Å². The van der Waals surface area contributed by atoms with Crippen LogP contribution in [0.4, 0.5) is 0 Å². The lowest BCUT2D eigenvalue weighted by Crippen LogP contribution is -2.46. The Hall–Kier alpha value is -0.610. The van der Waals surface area contributed by atoms with Gasteiger partial charge in [0.05, 0.1) is 0 Å². The smallest absolute Gasteiger partial charge is 0.223 e. The van der Waals surface area contributed by atoms with E-state index < -0.39 is 0 Å². The highest BCUT2D eigenvalue weighted by molar-refractivity contribution is 5.76.